The number of ether oxygens (including phenoxy) is 2. The predicted molar refractivity (Wildman–Crippen MR) is 80.1 cm³/mol. The summed E-state index contributed by atoms with van der Waals surface area (Å²) in [6.07, 6.45) is 4.43. The first-order valence-electron chi connectivity index (χ1n) is 7.36. The van der Waals surface area contributed by atoms with Crippen molar-refractivity contribution in [2.45, 2.75) is 33.2 Å². The van der Waals surface area contributed by atoms with Gasteiger partial charge >= 0.3 is 0 Å². The van der Waals surface area contributed by atoms with Crippen LogP contribution in [0.1, 0.15) is 29.7 Å². The fourth-order valence-electron chi connectivity index (χ4n) is 3.11. The average Bonchev–Trinajstić information content (AvgIpc) is 2.43. The first-order chi connectivity index (χ1) is 9.65. The SMILES string of the molecule is COC[C@H]1CCCN(Cc2ncc(C)c(OC)c2C)C1. The average molecular weight is 278 g/mol. The normalized spacial score (nSPS) is 20.1. The molecular formula is C16H26N2O2. The highest BCUT2D eigenvalue weighted by molar-refractivity contribution is 5.41. The Kier molecular flexibility index (Phi) is 5.38. The summed E-state index contributed by atoms with van der Waals surface area (Å²) < 4.78 is 10.8. The fraction of sp³-hybridized carbons (Fsp3) is 0.688. The van der Waals surface area contributed by atoms with Crippen molar-refractivity contribution < 1.29 is 9.47 Å². The van der Waals surface area contributed by atoms with Crippen LogP contribution in [0.2, 0.25) is 0 Å². The summed E-state index contributed by atoms with van der Waals surface area (Å²) in [4.78, 5) is 7.08. The van der Waals surface area contributed by atoms with Gasteiger partial charge in [-0.25, -0.2) is 0 Å². The van der Waals surface area contributed by atoms with Crippen molar-refractivity contribution in [3.8, 4) is 5.75 Å². The molecule has 0 aromatic carbocycles. The molecule has 1 atom stereocenters. The zero-order valence-electron chi connectivity index (χ0n) is 13.1. The Balaban J connectivity index is 2.06. The van der Waals surface area contributed by atoms with Crippen molar-refractivity contribution >= 4 is 0 Å². The molecule has 0 radical (unpaired) electrons. The third kappa shape index (κ3) is 3.49. The molecule has 1 fully saturated rings. The largest absolute Gasteiger partial charge is 0.496 e. The fourth-order valence-corrected chi connectivity index (χ4v) is 3.11. The number of rotatable bonds is 5. The van der Waals surface area contributed by atoms with Gasteiger partial charge in [0.1, 0.15) is 5.75 Å². The van der Waals surface area contributed by atoms with Gasteiger partial charge in [0.25, 0.3) is 0 Å². The number of nitrogens with zero attached hydrogens (tertiary/aromatic N) is 2. The Bertz CT molecular complexity index is 446. The third-order valence-corrected chi connectivity index (χ3v) is 4.13. The van der Waals surface area contributed by atoms with Gasteiger partial charge in [0.2, 0.25) is 0 Å². The van der Waals surface area contributed by atoms with Crippen molar-refractivity contribution in [1.82, 2.24) is 9.88 Å². The molecule has 0 saturated carbocycles. The Labute approximate surface area is 122 Å². The van der Waals surface area contributed by atoms with Crippen molar-refractivity contribution in [1.29, 1.82) is 0 Å². The molecule has 1 saturated heterocycles. The number of hydrogen-bond acceptors (Lipinski definition) is 4. The highest BCUT2D eigenvalue weighted by atomic mass is 16.5. The molecule has 0 amide bonds. The molecule has 20 heavy (non-hydrogen) atoms. The highest BCUT2D eigenvalue weighted by Gasteiger charge is 2.21. The summed E-state index contributed by atoms with van der Waals surface area (Å²) >= 11 is 0. The Morgan fingerprint density at radius 3 is 2.85 bits per heavy atom. The second kappa shape index (κ2) is 7.04. The van der Waals surface area contributed by atoms with E-state index in [2.05, 4.69) is 16.8 Å². The zero-order valence-corrected chi connectivity index (χ0v) is 13.1. The maximum atomic E-state index is 5.49. The van der Waals surface area contributed by atoms with Gasteiger partial charge in [-0.2, -0.15) is 0 Å². The van der Waals surface area contributed by atoms with Crippen LogP contribution in [0.5, 0.6) is 5.75 Å². The number of aromatic nitrogens is 1. The maximum Gasteiger partial charge on any atom is 0.128 e. The van der Waals surface area contributed by atoms with E-state index < -0.39 is 0 Å². The summed E-state index contributed by atoms with van der Waals surface area (Å²) in [5.41, 5.74) is 3.40. The van der Waals surface area contributed by atoms with Gasteiger partial charge in [-0.3, -0.25) is 9.88 Å². The third-order valence-electron chi connectivity index (χ3n) is 4.13. The van der Waals surface area contributed by atoms with Crippen molar-refractivity contribution in [2.24, 2.45) is 5.92 Å². The van der Waals surface area contributed by atoms with Crippen LogP contribution < -0.4 is 4.74 Å². The van der Waals surface area contributed by atoms with Gasteiger partial charge in [0.05, 0.1) is 19.4 Å². The van der Waals surface area contributed by atoms with Gasteiger partial charge in [0.15, 0.2) is 0 Å². The standard InChI is InChI=1S/C16H26N2O2/c1-12-8-17-15(13(2)16(12)20-4)10-18-7-5-6-14(9-18)11-19-3/h8,14H,5-7,9-11H2,1-4H3/t14-/m0/s1. The number of pyridine rings is 1. The number of aryl methyl sites for hydroxylation is 1. The molecule has 0 unspecified atom stereocenters. The monoisotopic (exact) mass is 278 g/mol. The summed E-state index contributed by atoms with van der Waals surface area (Å²) in [5, 5.41) is 0. The van der Waals surface area contributed by atoms with Gasteiger partial charge in [-0.15, -0.1) is 0 Å². The predicted octanol–water partition coefficient (Wildman–Crippen LogP) is 2.57. The molecule has 1 aliphatic rings. The van der Waals surface area contributed by atoms with Crippen LogP contribution in [0.4, 0.5) is 0 Å². The number of hydrogen-bond donors (Lipinski definition) is 0. The molecule has 0 bridgehead atoms. The molecule has 0 aliphatic carbocycles. The Morgan fingerprint density at radius 1 is 1.35 bits per heavy atom. The van der Waals surface area contributed by atoms with E-state index in [9.17, 15) is 0 Å². The first kappa shape index (κ1) is 15.3. The molecule has 112 valence electrons. The number of likely N-dealkylation sites (tertiary alicyclic amines) is 1. The molecule has 0 spiro atoms. The van der Waals surface area contributed by atoms with E-state index >= 15 is 0 Å². The van der Waals surface area contributed by atoms with Crippen LogP contribution in [-0.4, -0.2) is 43.8 Å². The Hall–Kier alpha value is -1.13. The topological polar surface area (TPSA) is 34.6 Å². The molecule has 4 nitrogen and oxygen atoms in total. The molecule has 4 heteroatoms. The Morgan fingerprint density at radius 2 is 2.15 bits per heavy atom. The van der Waals surface area contributed by atoms with Crippen LogP contribution in [0.3, 0.4) is 0 Å². The smallest absolute Gasteiger partial charge is 0.128 e. The molecule has 2 rings (SSSR count). The van der Waals surface area contributed by atoms with E-state index in [0.29, 0.717) is 5.92 Å². The van der Waals surface area contributed by atoms with Crippen LogP contribution in [0.15, 0.2) is 6.20 Å². The minimum atomic E-state index is 0.654. The lowest BCUT2D eigenvalue weighted by molar-refractivity contribution is 0.0866. The van der Waals surface area contributed by atoms with Crippen LogP contribution in [0.25, 0.3) is 0 Å². The quantitative estimate of drug-likeness (QED) is 0.829. The lowest BCUT2D eigenvalue weighted by atomic mass is 9.98. The molecule has 1 aromatic rings. The van der Waals surface area contributed by atoms with Gasteiger partial charge in [-0.05, 0) is 39.2 Å². The maximum absolute atomic E-state index is 5.49. The summed E-state index contributed by atoms with van der Waals surface area (Å²) in [6.45, 7) is 8.16. The summed E-state index contributed by atoms with van der Waals surface area (Å²) in [5.74, 6) is 1.63. The highest BCUT2D eigenvalue weighted by Crippen LogP contribution is 2.26. The molecule has 2 heterocycles. The molecule has 0 N–H and O–H groups in total. The summed E-state index contributed by atoms with van der Waals surface area (Å²) in [7, 11) is 3.52. The van der Waals surface area contributed by atoms with Crippen molar-refractivity contribution in [3.63, 3.8) is 0 Å². The van der Waals surface area contributed by atoms with Crippen LogP contribution in [-0.2, 0) is 11.3 Å². The summed E-state index contributed by atoms with van der Waals surface area (Å²) in [6, 6.07) is 0. The van der Waals surface area contributed by atoms with Crippen LogP contribution in [0, 0.1) is 19.8 Å². The molecule has 1 aliphatic heterocycles. The number of methoxy groups -OCH3 is 2. The van der Waals surface area contributed by atoms with E-state index in [1.54, 1.807) is 14.2 Å². The first-order valence-corrected chi connectivity index (χ1v) is 7.36. The minimum Gasteiger partial charge on any atom is -0.496 e. The second-order valence-electron chi connectivity index (χ2n) is 5.74. The number of piperidine rings is 1. The lowest BCUT2D eigenvalue weighted by Gasteiger charge is -2.32. The van der Waals surface area contributed by atoms with Crippen molar-refractivity contribution in [2.75, 3.05) is 33.9 Å². The zero-order chi connectivity index (χ0) is 14.5. The van der Waals surface area contributed by atoms with Crippen molar-refractivity contribution in [3.05, 3.63) is 23.0 Å². The van der Waals surface area contributed by atoms with E-state index in [1.807, 2.05) is 13.1 Å². The second-order valence-corrected chi connectivity index (χ2v) is 5.74. The lowest BCUT2D eigenvalue weighted by Crippen LogP contribution is -2.37. The van der Waals surface area contributed by atoms with Gasteiger partial charge in [-0.1, -0.05) is 0 Å². The van der Waals surface area contributed by atoms with E-state index in [0.717, 1.165) is 43.2 Å². The molecule has 1 aromatic heterocycles. The molecular weight excluding hydrogens is 252 g/mol. The van der Waals surface area contributed by atoms with Gasteiger partial charge < -0.3 is 9.47 Å². The minimum absolute atomic E-state index is 0.654. The van der Waals surface area contributed by atoms with Gasteiger partial charge in [0, 0.05) is 37.5 Å². The van der Waals surface area contributed by atoms with Crippen LogP contribution >= 0.6 is 0 Å². The van der Waals surface area contributed by atoms with E-state index in [4.69, 9.17) is 9.47 Å². The van der Waals surface area contributed by atoms with E-state index in [-0.39, 0.29) is 0 Å². The van der Waals surface area contributed by atoms with E-state index in [1.165, 1.54) is 18.4 Å².